The minimum absolute atomic E-state index is 0.0339. The monoisotopic (exact) mass is 545 g/mol. The van der Waals surface area contributed by atoms with Crippen molar-refractivity contribution >= 4 is 46.3 Å². The molecule has 0 saturated heterocycles. The molecule has 0 radical (unpaired) electrons. The first-order valence-electron chi connectivity index (χ1n) is 12.6. The highest BCUT2D eigenvalue weighted by atomic mass is 35.5. The van der Waals surface area contributed by atoms with Gasteiger partial charge >= 0.3 is 0 Å². The third-order valence-corrected chi connectivity index (χ3v) is 7.32. The van der Waals surface area contributed by atoms with Crippen molar-refractivity contribution in [2.75, 3.05) is 18.7 Å². The number of carbonyl (C=O) groups excluding carboxylic acids is 3. The molecule has 3 aromatic carbocycles. The van der Waals surface area contributed by atoms with Crippen LogP contribution in [-0.4, -0.2) is 42.6 Å². The lowest BCUT2D eigenvalue weighted by molar-refractivity contribution is -0.127. The second-order valence-corrected chi connectivity index (χ2v) is 9.81. The third kappa shape index (κ3) is 5.33. The van der Waals surface area contributed by atoms with Gasteiger partial charge in [0.1, 0.15) is 18.9 Å². The van der Waals surface area contributed by atoms with Gasteiger partial charge in [0.2, 0.25) is 18.6 Å². The molecule has 0 saturated carbocycles. The number of fused-ring (bicyclic) bond motifs is 2. The van der Waals surface area contributed by atoms with E-state index in [-0.39, 0.29) is 31.6 Å². The van der Waals surface area contributed by atoms with Crippen LogP contribution in [0.3, 0.4) is 0 Å². The number of hydrogen-bond acceptors (Lipinski definition) is 5. The van der Waals surface area contributed by atoms with Crippen LogP contribution in [-0.2, 0) is 33.8 Å². The molecule has 0 unspecified atom stereocenters. The molecule has 1 aliphatic rings. The van der Waals surface area contributed by atoms with Gasteiger partial charge in [-0.1, -0.05) is 48.0 Å². The first-order chi connectivity index (χ1) is 18.9. The highest BCUT2D eigenvalue weighted by Crippen LogP contribution is 2.35. The standard InChI is InChI=1S/C30H28ClN3O5/c1-19-22(13-14-35)29-23(31)9-6-10-25(29)34(19)17-28(36)32-24(15-20-7-4-3-5-8-20)30(37)33(2)21-11-12-26-27(16-21)39-18-38-26/h3-12,14,16,24H,13,15,17-18H2,1-2H3,(H,32,36)/t24-/m0/s1. The maximum atomic E-state index is 13.7. The molecule has 5 rings (SSSR count). The molecule has 8 nitrogen and oxygen atoms in total. The Morgan fingerprint density at radius 3 is 2.62 bits per heavy atom. The zero-order valence-electron chi connectivity index (χ0n) is 21.6. The van der Waals surface area contributed by atoms with Crippen LogP contribution in [0.4, 0.5) is 5.69 Å². The fraction of sp³-hybridized carbons (Fsp3) is 0.233. The average molecular weight is 546 g/mol. The summed E-state index contributed by atoms with van der Waals surface area (Å²) in [5, 5.41) is 4.24. The van der Waals surface area contributed by atoms with Gasteiger partial charge in [0.15, 0.2) is 11.5 Å². The molecule has 0 aliphatic carbocycles. The van der Waals surface area contributed by atoms with Crippen molar-refractivity contribution in [1.82, 2.24) is 9.88 Å². The van der Waals surface area contributed by atoms with Gasteiger partial charge in [-0.2, -0.15) is 0 Å². The second-order valence-electron chi connectivity index (χ2n) is 9.40. The number of rotatable bonds is 9. The zero-order valence-corrected chi connectivity index (χ0v) is 22.4. The Hall–Kier alpha value is -4.30. The molecule has 4 aromatic rings. The van der Waals surface area contributed by atoms with Gasteiger partial charge in [0, 0.05) is 42.7 Å². The number of aromatic nitrogens is 1. The molecule has 2 heterocycles. The summed E-state index contributed by atoms with van der Waals surface area (Å²) in [5.41, 5.74) is 3.87. The molecule has 0 spiro atoms. The summed E-state index contributed by atoms with van der Waals surface area (Å²) in [4.78, 5) is 40.0. The largest absolute Gasteiger partial charge is 0.454 e. The number of aldehydes is 1. The number of nitrogens with one attached hydrogen (secondary N) is 1. The molecule has 1 N–H and O–H groups in total. The number of ether oxygens (including phenoxy) is 2. The Kier molecular flexibility index (Phi) is 7.56. The SMILES string of the molecule is Cc1c(CC=O)c2c(Cl)cccc2n1CC(=O)N[C@@H](Cc1ccccc1)C(=O)N(C)c1ccc2c(c1)OCO2. The van der Waals surface area contributed by atoms with Gasteiger partial charge in [0.25, 0.3) is 0 Å². The van der Waals surface area contributed by atoms with Crippen molar-refractivity contribution in [3.63, 3.8) is 0 Å². The van der Waals surface area contributed by atoms with Crippen LogP contribution in [0.2, 0.25) is 5.02 Å². The molecule has 2 amide bonds. The number of nitrogens with zero attached hydrogens (tertiary/aromatic N) is 2. The highest BCUT2D eigenvalue weighted by Gasteiger charge is 2.27. The molecule has 0 fully saturated rings. The topological polar surface area (TPSA) is 89.9 Å². The van der Waals surface area contributed by atoms with Gasteiger partial charge < -0.3 is 29.1 Å². The number of anilines is 1. The summed E-state index contributed by atoms with van der Waals surface area (Å²) < 4.78 is 12.7. The first-order valence-corrected chi connectivity index (χ1v) is 13.0. The van der Waals surface area contributed by atoms with Crippen molar-refractivity contribution in [3.8, 4) is 11.5 Å². The maximum Gasteiger partial charge on any atom is 0.249 e. The van der Waals surface area contributed by atoms with E-state index in [1.165, 1.54) is 4.90 Å². The van der Waals surface area contributed by atoms with Crippen LogP contribution >= 0.6 is 11.6 Å². The van der Waals surface area contributed by atoms with E-state index in [4.69, 9.17) is 21.1 Å². The number of amides is 2. The minimum Gasteiger partial charge on any atom is -0.454 e. The van der Waals surface area contributed by atoms with E-state index in [1.807, 2.05) is 54.0 Å². The molecule has 1 aliphatic heterocycles. The predicted octanol–water partition coefficient (Wildman–Crippen LogP) is 4.46. The van der Waals surface area contributed by atoms with Gasteiger partial charge in [0.05, 0.1) is 10.5 Å². The number of benzene rings is 3. The van der Waals surface area contributed by atoms with E-state index in [1.54, 1.807) is 31.3 Å². The Bertz CT molecular complexity index is 1550. The van der Waals surface area contributed by atoms with Crippen molar-refractivity contribution in [1.29, 1.82) is 0 Å². The van der Waals surface area contributed by atoms with Gasteiger partial charge in [-0.05, 0) is 42.3 Å². The zero-order chi connectivity index (χ0) is 27.5. The predicted molar refractivity (Wildman–Crippen MR) is 150 cm³/mol. The van der Waals surface area contributed by atoms with Crippen molar-refractivity contribution in [3.05, 3.63) is 88.6 Å². The smallest absolute Gasteiger partial charge is 0.249 e. The van der Waals surface area contributed by atoms with E-state index in [0.717, 1.165) is 34.0 Å². The van der Waals surface area contributed by atoms with E-state index in [9.17, 15) is 14.4 Å². The fourth-order valence-electron chi connectivity index (χ4n) is 4.99. The summed E-state index contributed by atoms with van der Waals surface area (Å²) in [6.45, 7) is 1.96. The summed E-state index contributed by atoms with van der Waals surface area (Å²) >= 11 is 6.47. The molecule has 0 bridgehead atoms. The van der Waals surface area contributed by atoms with Crippen molar-refractivity contribution in [2.24, 2.45) is 0 Å². The van der Waals surface area contributed by atoms with Crippen LogP contribution < -0.4 is 19.7 Å². The summed E-state index contributed by atoms with van der Waals surface area (Å²) in [7, 11) is 1.67. The lowest BCUT2D eigenvalue weighted by atomic mass is 10.0. The lowest BCUT2D eigenvalue weighted by Gasteiger charge is -2.25. The first kappa shape index (κ1) is 26.3. The van der Waals surface area contributed by atoms with E-state index in [2.05, 4.69) is 5.32 Å². The fourth-order valence-corrected chi connectivity index (χ4v) is 5.27. The van der Waals surface area contributed by atoms with Gasteiger partial charge in [-0.15, -0.1) is 0 Å². The normalized spacial score (nSPS) is 12.8. The van der Waals surface area contributed by atoms with Crippen molar-refractivity contribution < 1.29 is 23.9 Å². The van der Waals surface area contributed by atoms with Crippen LogP contribution in [0.1, 0.15) is 16.8 Å². The van der Waals surface area contributed by atoms with E-state index < -0.39 is 6.04 Å². The molecular weight excluding hydrogens is 518 g/mol. The van der Waals surface area contributed by atoms with Crippen molar-refractivity contribution in [2.45, 2.75) is 32.4 Å². The molecule has 9 heteroatoms. The van der Waals surface area contributed by atoms with Crippen LogP contribution in [0, 0.1) is 6.92 Å². The minimum atomic E-state index is -0.824. The molecule has 39 heavy (non-hydrogen) atoms. The van der Waals surface area contributed by atoms with E-state index >= 15 is 0 Å². The third-order valence-electron chi connectivity index (χ3n) is 7.00. The number of halogens is 1. The summed E-state index contributed by atoms with van der Waals surface area (Å²) in [5.74, 6) is 0.582. The Labute approximate surface area is 231 Å². The summed E-state index contributed by atoms with van der Waals surface area (Å²) in [6, 6.07) is 19.4. The lowest BCUT2D eigenvalue weighted by Crippen LogP contribution is -2.49. The van der Waals surface area contributed by atoms with Crippen LogP contribution in [0.5, 0.6) is 11.5 Å². The Balaban J connectivity index is 1.42. The quantitative estimate of drug-likeness (QED) is 0.314. The second kappa shape index (κ2) is 11.2. The van der Waals surface area contributed by atoms with E-state index in [0.29, 0.717) is 28.6 Å². The Morgan fingerprint density at radius 2 is 1.85 bits per heavy atom. The number of likely N-dealkylation sites (N-methyl/N-ethyl adjacent to an activating group) is 1. The number of carbonyl (C=O) groups is 3. The Morgan fingerprint density at radius 1 is 1.08 bits per heavy atom. The molecule has 1 aromatic heterocycles. The molecular formula is C30H28ClN3O5. The summed E-state index contributed by atoms with van der Waals surface area (Å²) in [6.07, 6.45) is 1.33. The van der Waals surface area contributed by atoms with Crippen LogP contribution in [0.25, 0.3) is 10.9 Å². The highest BCUT2D eigenvalue weighted by molar-refractivity contribution is 6.35. The maximum absolute atomic E-state index is 13.7. The number of hydrogen-bond donors (Lipinski definition) is 1. The average Bonchev–Trinajstić information content (AvgIpc) is 3.51. The van der Waals surface area contributed by atoms with Gasteiger partial charge in [-0.25, -0.2) is 0 Å². The van der Waals surface area contributed by atoms with Gasteiger partial charge in [-0.3, -0.25) is 9.59 Å². The van der Waals surface area contributed by atoms with Crippen LogP contribution in [0.15, 0.2) is 66.7 Å². The molecule has 1 atom stereocenters. The molecule has 200 valence electrons.